The highest BCUT2D eigenvalue weighted by molar-refractivity contribution is 7.51. The first-order valence-electron chi connectivity index (χ1n) is 40.4. The van der Waals surface area contributed by atoms with E-state index in [1.165, 1.54) is 41.7 Å². The molecule has 0 aliphatic carbocycles. The number of aromatic nitrogens is 4. The van der Waals surface area contributed by atoms with E-state index in [1.807, 2.05) is 37.3 Å². The van der Waals surface area contributed by atoms with Crippen LogP contribution in [0.2, 0.25) is 5.02 Å². The number of anilines is 1. The van der Waals surface area contributed by atoms with Gasteiger partial charge in [0.05, 0.1) is 80.9 Å². The van der Waals surface area contributed by atoms with Crippen molar-refractivity contribution in [1.29, 1.82) is 0 Å². The lowest BCUT2D eigenvalue weighted by Crippen LogP contribution is -2.57. The molecule has 10 rings (SSSR count). The minimum absolute atomic E-state index is 0.0211. The van der Waals surface area contributed by atoms with Crippen molar-refractivity contribution in [3.05, 3.63) is 173 Å². The molecule has 9 amide bonds. The third-order valence-corrected chi connectivity index (χ3v) is 23.4. The Hall–Kier alpha value is -12.1. The van der Waals surface area contributed by atoms with E-state index in [0.29, 0.717) is 127 Å². The monoisotopic (exact) mass is 1780 g/mol. The van der Waals surface area contributed by atoms with Crippen LogP contribution >= 0.6 is 30.5 Å². The van der Waals surface area contributed by atoms with Crippen molar-refractivity contribution in [3.8, 4) is 56.1 Å². The molecule has 35 nitrogen and oxygen atoms in total. The van der Waals surface area contributed by atoms with Gasteiger partial charge in [0.2, 0.25) is 35.6 Å². The average molecular weight is 1790 g/mol. The van der Waals surface area contributed by atoms with E-state index in [1.54, 1.807) is 93.9 Å². The molecule has 125 heavy (non-hydrogen) atoms. The standard InChI is InChI=1S/C86H101ClFN14O21PS/c1-52(2)77(98-70(104)32-41-119-42-38-101-71(105)28-29-72(101)106)81(110)97-64(15-11-33-91-85(89)113)80(109)96-59-24-21-56(57(45-59)47-99(4)86(114)122-50-60(25-30-73(107)108)94-69(103)18-12-44-124(115,116)117)48-102(5)39-35-100(36-40-102)37-43-120-67-27-26-62(53(3)76(67)87)74-75-82(92-51-93-83(75)125-78(74)54-19-22-58(88)23-20-54)123-68(84(111)112)46-55-13-7-9-16-65(55)121-49-61-31-34-90-79(95-61)63-14-8-10-17-66(63)118-6/h7-10,13-14,16-17,19-24,26-29,31,34,45,51-52,60,64,68,77H,11-12,15,18,25,30,32-33,35-44,46-50H2,1-6H3,(H10-,89,91,94,96,97,98,103,104,107,108,109,110,111,112,113,115,116,117)/p+1/t60-,64+,68-,77+/m1/s1. The van der Waals surface area contributed by atoms with Gasteiger partial charge in [0.15, 0.2) is 5.82 Å². The second-order valence-electron chi connectivity index (χ2n) is 30.7. The Morgan fingerprint density at radius 1 is 0.768 bits per heavy atom. The molecule has 0 spiro atoms. The molecule has 1 saturated heterocycles. The summed E-state index contributed by atoms with van der Waals surface area (Å²) in [5, 5.41) is 34.5. The molecule has 1 fully saturated rings. The highest BCUT2D eigenvalue weighted by Gasteiger charge is 2.35. The Bertz CT molecular complexity index is 5270. The van der Waals surface area contributed by atoms with Crippen molar-refractivity contribution in [3.63, 3.8) is 0 Å². The van der Waals surface area contributed by atoms with E-state index in [4.69, 9.17) is 50.7 Å². The smallest absolute Gasteiger partial charge is 0.409 e. The molecular weight excluding hydrogens is 1680 g/mol. The summed E-state index contributed by atoms with van der Waals surface area (Å²) in [7, 11) is 0.688. The third kappa shape index (κ3) is 27.7. The molecule has 0 radical (unpaired) electrons. The quantitative estimate of drug-likeness (QED) is 0.00737. The minimum Gasteiger partial charge on any atom is -0.496 e. The predicted molar refractivity (Wildman–Crippen MR) is 460 cm³/mol. The lowest BCUT2D eigenvalue weighted by Gasteiger charge is -2.42. The number of quaternary nitrogens is 1. The van der Waals surface area contributed by atoms with Crippen LogP contribution in [-0.2, 0) is 78.5 Å². The number of benzene rings is 5. The number of carbonyl (C=O) groups excluding carboxylic acids is 8. The number of ether oxygens (including phenoxy) is 6. The Labute approximate surface area is 729 Å². The van der Waals surface area contributed by atoms with Crippen LogP contribution in [0.4, 0.5) is 19.7 Å². The zero-order valence-corrected chi connectivity index (χ0v) is 72.3. The summed E-state index contributed by atoms with van der Waals surface area (Å²) in [5.74, 6) is -5.20. The lowest BCUT2D eigenvalue weighted by atomic mass is 9.96. The third-order valence-electron chi connectivity index (χ3n) is 20.9. The molecule has 0 unspecified atom stereocenters. The first-order valence-corrected chi connectivity index (χ1v) is 43.4. The van der Waals surface area contributed by atoms with E-state index in [2.05, 4.69) is 53.5 Å². The SMILES string of the molecule is COc1ccccc1-c1nccc(COc2ccccc2C[C@@H](Oc2ncnc3sc(-c4ccc(F)cc4)c(-c4ccc(OCCN5CC[N+](C)(Cc6ccc(NC(=O)[C@H](CCCNC(N)=O)NC(=O)[C@@H](NC(=O)CCOCCN7C(=O)C=CC7=O)C(C)C)cc6CN(C)C(=O)OC[C@@H](CCC(=O)O)NC(=O)CCCP(=O)(O)O)CC5)c(Cl)c4C)c23)C(=O)O)n1. The number of carboxylic acids is 2. The van der Waals surface area contributed by atoms with Crippen molar-refractivity contribution >= 4 is 106 Å². The fourth-order valence-corrected chi connectivity index (χ4v) is 16.0. The number of imide groups is 1. The number of halogens is 2. The largest absolute Gasteiger partial charge is 0.496 e. The zero-order chi connectivity index (χ0) is 90.1. The predicted octanol–water partition coefficient (Wildman–Crippen LogP) is 8.81. The molecule has 2 aliphatic rings. The van der Waals surface area contributed by atoms with Crippen molar-refractivity contribution in [2.75, 3.05) is 105 Å². The van der Waals surface area contributed by atoms with Crippen LogP contribution in [0.5, 0.6) is 23.1 Å². The highest BCUT2D eigenvalue weighted by Crippen LogP contribution is 2.50. The molecule has 4 atom stereocenters. The molecular formula is C86H102ClFN14O21PS+. The second-order valence-corrected chi connectivity index (χ2v) is 33.8. The van der Waals surface area contributed by atoms with E-state index in [-0.39, 0.29) is 108 Å². The number of hydrogen-bond acceptors (Lipinski definition) is 23. The van der Waals surface area contributed by atoms with E-state index in [0.717, 1.165) is 22.6 Å². The fraction of sp³-hybridized carbons (Fsp3) is 0.395. The van der Waals surface area contributed by atoms with Gasteiger partial charge >= 0.3 is 31.7 Å². The van der Waals surface area contributed by atoms with Crippen LogP contribution < -0.4 is 51.3 Å². The van der Waals surface area contributed by atoms with Crippen molar-refractivity contribution in [2.45, 2.75) is 116 Å². The zero-order valence-electron chi connectivity index (χ0n) is 69.8. The Morgan fingerprint density at radius 2 is 1.49 bits per heavy atom. The number of thiophene rings is 1. The molecule has 11 N–H and O–H groups in total. The van der Waals surface area contributed by atoms with Gasteiger partial charge in [-0.3, -0.25) is 47.9 Å². The number of likely N-dealkylation sites (N-methyl/N-ethyl adjacent to an activating group) is 1. The number of rotatable bonds is 46. The Morgan fingerprint density at radius 3 is 2.19 bits per heavy atom. The summed E-state index contributed by atoms with van der Waals surface area (Å²) in [6.45, 7) is 8.08. The molecule has 5 heterocycles. The van der Waals surface area contributed by atoms with Crippen LogP contribution in [-0.4, -0.2) is 242 Å². The number of urea groups is 1. The first-order chi connectivity index (χ1) is 59.7. The Balaban J connectivity index is 0.826. The summed E-state index contributed by atoms with van der Waals surface area (Å²) in [4.78, 5) is 172. The lowest BCUT2D eigenvalue weighted by molar-refractivity contribution is -0.926. The van der Waals surface area contributed by atoms with Gasteiger partial charge in [-0.2, -0.15) is 0 Å². The molecule has 2 aliphatic heterocycles. The van der Waals surface area contributed by atoms with Crippen LogP contribution in [0.1, 0.15) is 86.7 Å². The minimum atomic E-state index is -4.41. The van der Waals surface area contributed by atoms with E-state index >= 15 is 0 Å². The summed E-state index contributed by atoms with van der Waals surface area (Å²) < 4.78 is 62.6. The number of fused-ring (bicyclic) bond motifs is 1. The number of primary amides is 1. The van der Waals surface area contributed by atoms with Gasteiger partial charge in [0.1, 0.15) is 72.7 Å². The number of piperazine rings is 1. The van der Waals surface area contributed by atoms with Gasteiger partial charge in [0, 0.05) is 105 Å². The van der Waals surface area contributed by atoms with Gasteiger partial charge < -0.3 is 90.1 Å². The maximum absolute atomic E-state index is 14.6. The summed E-state index contributed by atoms with van der Waals surface area (Å²) >= 11 is 8.60. The maximum atomic E-state index is 14.6. The number of nitrogens with one attached hydrogen (secondary N) is 5. The number of para-hydroxylation sites is 2. The summed E-state index contributed by atoms with van der Waals surface area (Å²) in [6.07, 6.45) is 1.03. The van der Waals surface area contributed by atoms with Crippen molar-refractivity contribution in [2.24, 2.45) is 11.7 Å². The van der Waals surface area contributed by atoms with Crippen LogP contribution in [0.15, 0.2) is 134 Å². The maximum Gasteiger partial charge on any atom is 0.409 e. The number of aliphatic carboxylic acids is 2. The van der Waals surface area contributed by atoms with Crippen LogP contribution in [0, 0.1) is 18.7 Å². The van der Waals surface area contributed by atoms with Crippen molar-refractivity contribution in [1.82, 2.24) is 55.9 Å². The molecule has 8 aromatic rings. The molecule has 0 saturated carbocycles. The Kier molecular flexibility index (Phi) is 34.3. The van der Waals surface area contributed by atoms with Crippen molar-refractivity contribution < 1.29 is 110 Å². The molecule has 666 valence electrons. The second kappa shape index (κ2) is 45.0. The van der Waals surface area contributed by atoms with Gasteiger partial charge in [-0.05, 0) is 121 Å². The van der Waals surface area contributed by atoms with Gasteiger partial charge in [-0.15, -0.1) is 11.3 Å². The molecule has 3 aromatic heterocycles. The number of amides is 9. The van der Waals surface area contributed by atoms with Gasteiger partial charge in [-0.25, -0.2) is 38.7 Å². The summed E-state index contributed by atoms with van der Waals surface area (Å²) in [6, 6.07) is 26.6. The topological polar surface area (TPSA) is 472 Å². The van der Waals surface area contributed by atoms with E-state index in [9.17, 15) is 76.9 Å². The normalized spacial score (nSPS) is 14.2. The first kappa shape index (κ1) is 95.1. The van der Waals surface area contributed by atoms with Crippen LogP contribution in [0.3, 0.4) is 0 Å². The number of carboxylic acid groups (broad SMARTS) is 2. The summed E-state index contributed by atoms with van der Waals surface area (Å²) in [5.41, 5.74) is 11.1. The number of hydrogen-bond donors (Lipinski definition) is 10. The van der Waals surface area contributed by atoms with E-state index < -0.39 is 122 Å². The number of carbonyl (C=O) groups is 10. The number of methoxy groups -OCH3 is 1. The van der Waals surface area contributed by atoms with Gasteiger partial charge in [-0.1, -0.05) is 80.0 Å². The average Bonchev–Trinajstić information content (AvgIpc) is 1.60. The van der Waals surface area contributed by atoms with Crippen LogP contribution in [0.25, 0.3) is 43.2 Å². The highest BCUT2D eigenvalue weighted by atomic mass is 35.5. The molecule has 0 bridgehead atoms. The molecule has 5 aromatic carbocycles. The number of nitrogens with zero attached hydrogens (tertiary/aromatic N) is 8. The number of nitrogens with two attached hydrogens (primary N) is 1. The molecule has 39 heteroatoms. The van der Waals surface area contributed by atoms with Gasteiger partial charge in [0.25, 0.3) is 11.8 Å². The fourth-order valence-electron chi connectivity index (χ4n) is 14.1.